The second-order valence-electron chi connectivity index (χ2n) is 4.88. The van der Waals surface area contributed by atoms with Crippen molar-refractivity contribution >= 4 is 5.69 Å². The van der Waals surface area contributed by atoms with E-state index in [2.05, 4.69) is 0 Å². The smallest absolute Gasteiger partial charge is 0.368 e. The molecule has 1 aromatic carbocycles. The molecule has 0 aromatic heterocycles. The van der Waals surface area contributed by atoms with Crippen molar-refractivity contribution in [2.75, 3.05) is 11.4 Å². The summed E-state index contributed by atoms with van der Waals surface area (Å²) in [6.45, 7) is 2.58. The quantitative estimate of drug-likeness (QED) is 0.771. The molecule has 0 bridgehead atoms. The molecule has 2 nitrogen and oxygen atoms in total. The van der Waals surface area contributed by atoms with Gasteiger partial charge in [-0.15, -0.1) is 0 Å². The first kappa shape index (κ1) is 13.7. The van der Waals surface area contributed by atoms with Crippen molar-refractivity contribution in [3.8, 4) is 6.07 Å². The monoisotopic (exact) mass is 268 g/mol. The van der Waals surface area contributed by atoms with Crippen LogP contribution in [-0.2, 0) is 6.18 Å². The fraction of sp³-hybridized carbons (Fsp3) is 0.500. The number of piperidine rings is 1. The molecule has 0 spiro atoms. The summed E-state index contributed by atoms with van der Waals surface area (Å²) in [6, 6.07) is 5.67. The highest BCUT2D eigenvalue weighted by Crippen LogP contribution is 2.39. The van der Waals surface area contributed by atoms with E-state index in [4.69, 9.17) is 5.26 Å². The SMILES string of the molecule is CC1CCCCN1c1ccc(C#N)cc1C(F)(F)F. The van der Waals surface area contributed by atoms with E-state index in [1.807, 2.05) is 6.92 Å². The van der Waals surface area contributed by atoms with Gasteiger partial charge in [0, 0.05) is 18.3 Å². The molecular formula is C14H15F3N2. The topological polar surface area (TPSA) is 27.0 Å². The Bertz CT molecular complexity index is 502. The average molecular weight is 268 g/mol. The molecule has 1 aliphatic heterocycles. The van der Waals surface area contributed by atoms with E-state index >= 15 is 0 Å². The van der Waals surface area contributed by atoms with Crippen LogP contribution in [0.25, 0.3) is 0 Å². The molecular weight excluding hydrogens is 253 g/mol. The summed E-state index contributed by atoms with van der Waals surface area (Å²) in [5, 5.41) is 8.75. The van der Waals surface area contributed by atoms with Crippen LogP contribution >= 0.6 is 0 Å². The van der Waals surface area contributed by atoms with Gasteiger partial charge in [-0.3, -0.25) is 0 Å². The molecule has 102 valence electrons. The zero-order valence-electron chi connectivity index (χ0n) is 10.7. The zero-order chi connectivity index (χ0) is 14.0. The largest absolute Gasteiger partial charge is 0.418 e. The second kappa shape index (κ2) is 5.12. The Morgan fingerprint density at radius 2 is 2.05 bits per heavy atom. The lowest BCUT2D eigenvalue weighted by atomic mass is 10.00. The van der Waals surface area contributed by atoms with Crippen LogP contribution in [0.4, 0.5) is 18.9 Å². The van der Waals surface area contributed by atoms with E-state index in [-0.39, 0.29) is 17.3 Å². The van der Waals surface area contributed by atoms with Crippen LogP contribution in [0.5, 0.6) is 0 Å². The standard InChI is InChI=1S/C14H15F3N2/c1-10-4-2-3-7-19(10)13-6-5-11(9-18)8-12(13)14(15,16)17/h5-6,8,10H,2-4,7H2,1H3. The molecule has 19 heavy (non-hydrogen) atoms. The Hall–Kier alpha value is -1.70. The van der Waals surface area contributed by atoms with Crippen molar-refractivity contribution in [3.63, 3.8) is 0 Å². The van der Waals surface area contributed by atoms with Gasteiger partial charge in [-0.2, -0.15) is 18.4 Å². The summed E-state index contributed by atoms with van der Waals surface area (Å²) in [7, 11) is 0. The maximum atomic E-state index is 13.1. The lowest BCUT2D eigenvalue weighted by molar-refractivity contribution is -0.137. The number of alkyl halides is 3. The highest BCUT2D eigenvalue weighted by atomic mass is 19.4. The maximum absolute atomic E-state index is 13.1. The van der Waals surface area contributed by atoms with E-state index in [1.54, 1.807) is 11.0 Å². The van der Waals surface area contributed by atoms with Gasteiger partial charge in [0.05, 0.1) is 17.2 Å². The molecule has 1 fully saturated rings. The Balaban J connectivity index is 2.47. The van der Waals surface area contributed by atoms with E-state index in [0.717, 1.165) is 25.3 Å². The number of hydrogen-bond donors (Lipinski definition) is 0. The minimum Gasteiger partial charge on any atom is -0.368 e. The molecule has 0 radical (unpaired) electrons. The summed E-state index contributed by atoms with van der Waals surface area (Å²) < 4.78 is 39.3. The Morgan fingerprint density at radius 1 is 1.32 bits per heavy atom. The summed E-state index contributed by atoms with van der Waals surface area (Å²) in [6.07, 6.45) is -1.58. The van der Waals surface area contributed by atoms with E-state index in [9.17, 15) is 13.2 Å². The predicted octanol–water partition coefficient (Wildman–Crippen LogP) is 3.96. The summed E-state index contributed by atoms with van der Waals surface area (Å²) in [5.74, 6) is 0. The molecule has 0 N–H and O–H groups in total. The number of nitrogens with zero attached hydrogens (tertiary/aromatic N) is 2. The first-order chi connectivity index (χ1) is 8.93. The first-order valence-electron chi connectivity index (χ1n) is 6.31. The third kappa shape index (κ3) is 2.83. The van der Waals surface area contributed by atoms with Gasteiger partial charge in [0.1, 0.15) is 0 Å². The summed E-state index contributed by atoms with van der Waals surface area (Å²) >= 11 is 0. The van der Waals surface area contributed by atoms with Gasteiger partial charge in [0.2, 0.25) is 0 Å². The van der Waals surface area contributed by atoms with Crippen LogP contribution < -0.4 is 4.90 Å². The highest BCUT2D eigenvalue weighted by molar-refractivity contribution is 5.58. The van der Waals surface area contributed by atoms with Crippen molar-refractivity contribution in [2.45, 2.75) is 38.4 Å². The van der Waals surface area contributed by atoms with Crippen molar-refractivity contribution in [1.82, 2.24) is 0 Å². The van der Waals surface area contributed by atoms with Crippen molar-refractivity contribution in [1.29, 1.82) is 5.26 Å². The number of rotatable bonds is 1. The lowest BCUT2D eigenvalue weighted by Gasteiger charge is -2.37. The van der Waals surface area contributed by atoms with Crippen LogP contribution in [0.15, 0.2) is 18.2 Å². The van der Waals surface area contributed by atoms with Crippen molar-refractivity contribution in [3.05, 3.63) is 29.3 Å². The van der Waals surface area contributed by atoms with Crippen LogP contribution in [0.3, 0.4) is 0 Å². The maximum Gasteiger partial charge on any atom is 0.418 e. The van der Waals surface area contributed by atoms with Gasteiger partial charge in [0.25, 0.3) is 0 Å². The third-order valence-corrected chi connectivity index (χ3v) is 3.54. The van der Waals surface area contributed by atoms with E-state index < -0.39 is 11.7 Å². The fourth-order valence-corrected chi connectivity index (χ4v) is 2.54. The Morgan fingerprint density at radius 3 is 2.63 bits per heavy atom. The van der Waals surface area contributed by atoms with Crippen LogP contribution in [0.2, 0.25) is 0 Å². The molecule has 0 amide bonds. The Labute approximate surface area is 110 Å². The second-order valence-corrected chi connectivity index (χ2v) is 4.88. The van der Waals surface area contributed by atoms with Gasteiger partial charge in [-0.05, 0) is 44.4 Å². The van der Waals surface area contributed by atoms with Gasteiger partial charge in [-0.25, -0.2) is 0 Å². The molecule has 1 atom stereocenters. The summed E-state index contributed by atoms with van der Waals surface area (Å²) in [5.41, 5.74) is -0.472. The van der Waals surface area contributed by atoms with Crippen LogP contribution in [-0.4, -0.2) is 12.6 Å². The van der Waals surface area contributed by atoms with Gasteiger partial charge in [0.15, 0.2) is 0 Å². The number of nitriles is 1. The molecule has 1 heterocycles. The van der Waals surface area contributed by atoms with E-state index in [0.29, 0.717) is 6.54 Å². The zero-order valence-corrected chi connectivity index (χ0v) is 10.7. The molecule has 1 saturated heterocycles. The number of anilines is 1. The molecule has 2 rings (SSSR count). The van der Waals surface area contributed by atoms with Crippen molar-refractivity contribution in [2.24, 2.45) is 0 Å². The normalized spacial score (nSPS) is 20.2. The number of hydrogen-bond acceptors (Lipinski definition) is 2. The summed E-state index contributed by atoms with van der Waals surface area (Å²) in [4.78, 5) is 1.80. The molecule has 5 heteroatoms. The van der Waals surface area contributed by atoms with Gasteiger partial charge < -0.3 is 4.90 Å². The number of halogens is 3. The van der Waals surface area contributed by atoms with Gasteiger partial charge in [-0.1, -0.05) is 0 Å². The van der Waals surface area contributed by atoms with Gasteiger partial charge >= 0.3 is 6.18 Å². The molecule has 1 unspecified atom stereocenters. The average Bonchev–Trinajstić information content (AvgIpc) is 2.38. The third-order valence-electron chi connectivity index (χ3n) is 3.54. The van der Waals surface area contributed by atoms with E-state index in [1.165, 1.54) is 12.1 Å². The van der Waals surface area contributed by atoms with Crippen LogP contribution in [0.1, 0.15) is 37.3 Å². The first-order valence-corrected chi connectivity index (χ1v) is 6.31. The Kier molecular flexibility index (Phi) is 3.70. The minimum atomic E-state index is -4.43. The lowest BCUT2D eigenvalue weighted by Crippen LogP contribution is -2.38. The molecule has 1 aliphatic rings. The molecule has 1 aromatic rings. The van der Waals surface area contributed by atoms with Crippen molar-refractivity contribution < 1.29 is 13.2 Å². The fourth-order valence-electron chi connectivity index (χ4n) is 2.54. The minimum absolute atomic E-state index is 0.0423. The number of benzene rings is 1. The predicted molar refractivity (Wildman–Crippen MR) is 66.8 cm³/mol. The molecule has 0 saturated carbocycles. The highest BCUT2D eigenvalue weighted by Gasteiger charge is 2.36. The van der Waals surface area contributed by atoms with Crippen LogP contribution in [0, 0.1) is 11.3 Å². The molecule has 0 aliphatic carbocycles.